The van der Waals surface area contributed by atoms with Gasteiger partial charge in [0.05, 0.1) is 16.2 Å². The normalized spacial score (nSPS) is 10.6. The minimum atomic E-state index is -0.587. The zero-order valence-electron chi connectivity index (χ0n) is 12.8. The predicted molar refractivity (Wildman–Crippen MR) is 99.2 cm³/mol. The number of amides is 1. The quantitative estimate of drug-likeness (QED) is 0.403. The number of nitro groups is 1. The summed E-state index contributed by atoms with van der Waals surface area (Å²) in [6.07, 6.45) is 1.70. The van der Waals surface area contributed by atoms with Gasteiger partial charge in [0, 0.05) is 28.2 Å². The molecule has 6 nitrogen and oxygen atoms in total. The van der Waals surface area contributed by atoms with E-state index in [1.165, 1.54) is 30.0 Å². The number of fused-ring (bicyclic) bond motifs is 1. The molecule has 0 bridgehead atoms. The fraction of sp³-hybridized carbons (Fsp3) is 0.0588. The van der Waals surface area contributed by atoms with Crippen molar-refractivity contribution in [2.45, 2.75) is 4.90 Å². The molecule has 1 heterocycles. The number of benzene rings is 2. The van der Waals surface area contributed by atoms with E-state index in [4.69, 9.17) is 11.6 Å². The highest BCUT2D eigenvalue weighted by molar-refractivity contribution is 8.00. The second kappa shape index (κ2) is 7.50. The number of pyridine rings is 1. The number of thioether (sulfide) groups is 1. The summed E-state index contributed by atoms with van der Waals surface area (Å²) in [5.41, 5.74) is 0.953. The van der Waals surface area contributed by atoms with Gasteiger partial charge >= 0.3 is 0 Å². The molecular weight excluding hydrogens is 362 g/mol. The van der Waals surface area contributed by atoms with E-state index >= 15 is 0 Å². The van der Waals surface area contributed by atoms with Gasteiger partial charge < -0.3 is 5.32 Å². The number of carbonyl (C=O) groups excluding carboxylic acids is 1. The second-order valence-corrected chi connectivity index (χ2v) is 6.51. The van der Waals surface area contributed by atoms with Gasteiger partial charge in [-0.1, -0.05) is 29.8 Å². The second-order valence-electron chi connectivity index (χ2n) is 5.09. The molecule has 8 heteroatoms. The van der Waals surface area contributed by atoms with E-state index < -0.39 is 4.92 Å². The van der Waals surface area contributed by atoms with Gasteiger partial charge in [0.15, 0.2) is 0 Å². The maximum atomic E-state index is 12.1. The van der Waals surface area contributed by atoms with Gasteiger partial charge in [0.2, 0.25) is 5.91 Å². The van der Waals surface area contributed by atoms with Gasteiger partial charge in [-0.05, 0) is 24.3 Å². The first-order valence-corrected chi connectivity index (χ1v) is 8.61. The molecule has 0 radical (unpaired) electrons. The van der Waals surface area contributed by atoms with Crippen molar-refractivity contribution in [2.75, 3.05) is 11.1 Å². The summed E-state index contributed by atoms with van der Waals surface area (Å²) in [5, 5.41) is 14.5. The molecule has 0 spiro atoms. The van der Waals surface area contributed by atoms with Crippen molar-refractivity contribution in [3.8, 4) is 0 Å². The molecule has 1 N–H and O–H groups in total. The molecule has 0 atom stereocenters. The Balaban J connectivity index is 1.69. The zero-order valence-corrected chi connectivity index (χ0v) is 14.4. The third kappa shape index (κ3) is 4.07. The van der Waals surface area contributed by atoms with E-state index in [0.29, 0.717) is 5.69 Å². The van der Waals surface area contributed by atoms with Crippen LogP contribution >= 0.6 is 23.4 Å². The summed E-state index contributed by atoms with van der Waals surface area (Å²) >= 11 is 7.14. The van der Waals surface area contributed by atoms with Gasteiger partial charge in [-0.15, -0.1) is 11.8 Å². The molecular formula is C17H12ClN3O3S. The Bertz CT molecular complexity index is 960. The molecule has 0 saturated heterocycles. The average molecular weight is 374 g/mol. The van der Waals surface area contributed by atoms with Crippen molar-refractivity contribution in [3.63, 3.8) is 0 Å². The number of nitrogens with one attached hydrogen (secondary N) is 1. The number of para-hydroxylation sites is 1. The summed E-state index contributed by atoms with van der Waals surface area (Å²) < 4.78 is 0. The summed E-state index contributed by atoms with van der Waals surface area (Å²) in [4.78, 5) is 27.7. The van der Waals surface area contributed by atoms with E-state index in [0.717, 1.165) is 15.8 Å². The summed E-state index contributed by atoms with van der Waals surface area (Å²) in [6.45, 7) is 0. The molecule has 25 heavy (non-hydrogen) atoms. The monoisotopic (exact) mass is 373 g/mol. The number of carbonyl (C=O) groups is 1. The third-order valence-electron chi connectivity index (χ3n) is 3.39. The largest absolute Gasteiger partial charge is 0.325 e. The van der Waals surface area contributed by atoms with E-state index in [9.17, 15) is 14.9 Å². The summed E-state index contributed by atoms with van der Waals surface area (Å²) in [5.74, 6) is -0.0905. The Morgan fingerprint density at radius 3 is 2.84 bits per heavy atom. The topological polar surface area (TPSA) is 85.1 Å². The Morgan fingerprint density at radius 1 is 1.24 bits per heavy atom. The molecule has 0 aliphatic rings. The van der Waals surface area contributed by atoms with E-state index in [2.05, 4.69) is 10.3 Å². The minimum Gasteiger partial charge on any atom is -0.325 e. The van der Waals surface area contributed by atoms with Gasteiger partial charge in [-0.2, -0.15) is 0 Å². The lowest BCUT2D eigenvalue weighted by Crippen LogP contribution is -2.14. The predicted octanol–water partition coefficient (Wildman–Crippen LogP) is 4.53. The van der Waals surface area contributed by atoms with Crippen LogP contribution in [0.4, 0.5) is 11.4 Å². The van der Waals surface area contributed by atoms with E-state index in [1.807, 2.05) is 30.3 Å². The third-order valence-corrected chi connectivity index (χ3v) is 4.79. The Kier molecular flexibility index (Phi) is 5.16. The first kappa shape index (κ1) is 17.2. The van der Waals surface area contributed by atoms with Crippen molar-refractivity contribution in [2.24, 2.45) is 0 Å². The standard InChI is InChI=1S/C17H12ClN3O3S/c18-13-6-5-11(9-15(13)21(23)24)20-17(22)10-25-16-7-8-19-14-4-2-1-3-12(14)16/h1-9H,10H2,(H,20,22). The molecule has 0 aliphatic heterocycles. The van der Waals surface area contributed by atoms with Crippen LogP contribution < -0.4 is 5.32 Å². The molecule has 0 fully saturated rings. The van der Waals surface area contributed by atoms with E-state index in [1.54, 1.807) is 6.20 Å². The number of anilines is 1. The van der Waals surface area contributed by atoms with Crippen molar-refractivity contribution in [1.29, 1.82) is 0 Å². The fourth-order valence-electron chi connectivity index (χ4n) is 2.27. The SMILES string of the molecule is O=C(CSc1ccnc2ccccc12)Nc1ccc(Cl)c([N+](=O)[O-])c1. The fourth-order valence-corrected chi connectivity index (χ4v) is 3.30. The number of aromatic nitrogens is 1. The zero-order chi connectivity index (χ0) is 17.8. The Morgan fingerprint density at radius 2 is 2.04 bits per heavy atom. The van der Waals surface area contributed by atoms with Crippen molar-refractivity contribution in [1.82, 2.24) is 4.98 Å². The van der Waals surface area contributed by atoms with Crippen LogP contribution in [0.15, 0.2) is 59.6 Å². The highest BCUT2D eigenvalue weighted by Gasteiger charge is 2.14. The van der Waals surface area contributed by atoms with Crippen molar-refractivity contribution >= 4 is 51.5 Å². The number of nitro benzene ring substituents is 1. The smallest absolute Gasteiger partial charge is 0.289 e. The molecule has 0 aliphatic carbocycles. The molecule has 2 aromatic carbocycles. The maximum absolute atomic E-state index is 12.1. The van der Waals surface area contributed by atoms with Crippen molar-refractivity contribution in [3.05, 3.63) is 69.9 Å². The van der Waals surface area contributed by atoms with Crippen LogP contribution in [0, 0.1) is 10.1 Å². The lowest BCUT2D eigenvalue weighted by molar-refractivity contribution is -0.384. The van der Waals surface area contributed by atoms with Crippen LogP contribution in [-0.2, 0) is 4.79 Å². The van der Waals surface area contributed by atoms with Crippen molar-refractivity contribution < 1.29 is 9.72 Å². The maximum Gasteiger partial charge on any atom is 0.289 e. The number of nitrogens with zero attached hydrogens (tertiary/aromatic N) is 2. The molecule has 1 amide bonds. The van der Waals surface area contributed by atoms with Crippen LogP contribution in [-0.4, -0.2) is 21.6 Å². The first-order valence-electron chi connectivity index (χ1n) is 7.25. The number of hydrogen-bond donors (Lipinski definition) is 1. The summed E-state index contributed by atoms with van der Waals surface area (Å²) in [7, 11) is 0. The number of rotatable bonds is 5. The van der Waals surface area contributed by atoms with Gasteiger partial charge in [0.1, 0.15) is 5.02 Å². The Labute approximate surface area is 152 Å². The summed E-state index contributed by atoms with van der Waals surface area (Å²) in [6, 6.07) is 13.7. The highest BCUT2D eigenvalue weighted by atomic mass is 35.5. The van der Waals surface area contributed by atoms with Crippen LogP contribution in [0.5, 0.6) is 0 Å². The molecule has 0 unspecified atom stereocenters. The number of halogens is 1. The molecule has 3 rings (SSSR count). The van der Waals surface area contributed by atoms with Gasteiger partial charge in [-0.3, -0.25) is 19.9 Å². The number of hydrogen-bond acceptors (Lipinski definition) is 5. The minimum absolute atomic E-state index is 0.0284. The van der Waals surface area contributed by atoms with E-state index in [-0.39, 0.29) is 22.4 Å². The lowest BCUT2D eigenvalue weighted by atomic mass is 10.2. The first-order chi connectivity index (χ1) is 12.0. The highest BCUT2D eigenvalue weighted by Crippen LogP contribution is 2.29. The van der Waals surface area contributed by atoms with Crippen LogP contribution in [0.2, 0.25) is 5.02 Å². The van der Waals surface area contributed by atoms with Gasteiger partial charge in [0.25, 0.3) is 5.69 Å². The van der Waals surface area contributed by atoms with Crippen LogP contribution in [0.1, 0.15) is 0 Å². The van der Waals surface area contributed by atoms with Crippen LogP contribution in [0.25, 0.3) is 10.9 Å². The molecule has 126 valence electrons. The lowest BCUT2D eigenvalue weighted by Gasteiger charge is -2.07. The average Bonchev–Trinajstić information content (AvgIpc) is 2.61. The molecule has 1 aromatic heterocycles. The molecule has 3 aromatic rings. The Hall–Kier alpha value is -2.64. The molecule has 0 saturated carbocycles. The van der Waals surface area contributed by atoms with Gasteiger partial charge in [-0.25, -0.2) is 0 Å². The van der Waals surface area contributed by atoms with Crippen LogP contribution in [0.3, 0.4) is 0 Å².